The molecule has 6 nitrogen and oxygen atoms in total. The van der Waals surface area contributed by atoms with Crippen LogP contribution in [0.15, 0.2) is 23.0 Å². The fourth-order valence-electron chi connectivity index (χ4n) is 2.94. The molecule has 3 N–H and O–H groups in total. The molecule has 0 saturated carbocycles. The van der Waals surface area contributed by atoms with E-state index in [4.69, 9.17) is 10.5 Å². The summed E-state index contributed by atoms with van der Waals surface area (Å²) < 4.78 is 6.49. The Bertz CT molecular complexity index is 811. The summed E-state index contributed by atoms with van der Waals surface area (Å²) in [5.74, 6) is -1.29. The summed E-state index contributed by atoms with van der Waals surface area (Å²) in [6, 6.07) is 4.93. The number of nitrogens with zero attached hydrogens (tertiary/aromatic N) is 1. The molecule has 0 saturated heterocycles. The van der Waals surface area contributed by atoms with E-state index >= 15 is 0 Å². The van der Waals surface area contributed by atoms with E-state index in [9.17, 15) is 14.7 Å². The lowest BCUT2D eigenvalue weighted by Gasteiger charge is -2.15. The first-order valence-electron chi connectivity index (χ1n) is 8.79. The predicted molar refractivity (Wildman–Crippen MR) is 99.0 cm³/mol. The lowest BCUT2D eigenvalue weighted by atomic mass is 10.1. The number of carbonyl (C=O) groups is 1. The highest BCUT2D eigenvalue weighted by Gasteiger charge is 2.19. The van der Waals surface area contributed by atoms with Gasteiger partial charge in [0.25, 0.3) is 5.56 Å². The van der Waals surface area contributed by atoms with E-state index in [1.807, 2.05) is 0 Å². The molecule has 1 aromatic carbocycles. The number of esters is 1. The van der Waals surface area contributed by atoms with Gasteiger partial charge in [-0.25, -0.2) is 0 Å². The van der Waals surface area contributed by atoms with Crippen LogP contribution in [-0.4, -0.2) is 15.6 Å². The lowest BCUT2D eigenvalue weighted by molar-refractivity contribution is -0.132. The highest BCUT2D eigenvalue weighted by atomic mass is 16.5. The summed E-state index contributed by atoms with van der Waals surface area (Å²) >= 11 is 0. The van der Waals surface area contributed by atoms with E-state index in [2.05, 4.69) is 6.92 Å². The quantitative estimate of drug-likeness (QED) is 0.433. The molecule has 0 unspecified atom stereocenters. The van der Waals surface area contributed by atoms with E-state index in [1.54, 1.807) is 18.2 Å². The van der Waals surface area contributed by atoms with Gasteiger partial charge in [0, 0.05) is 24.5 Å². The maximum absolute atomic E-state index is 12.7. The zero-order valence-electron chi connectivity index (χ0n) is 14.9. The number of aromatic nitrogens is 1. The normalized spacial score (nSPS) is 11.0. The van der Waals surface area contributed by atoms with E-state index < -0.39 is 11.5 Å². The van der Waals surface area contributed by atoms with Crippen LogP contribution < -0.4 is 16.0 Å². The molecular formula is C19H26N2O4. The third-order valence-corrected chi connectivity index (χ3v) is 4.20. The number of pyridine rings is 1. The molecule has 1 heterocycles. The Morgan fingerprint density at radius 1 is 1.20 bits per heavy atom. The maximum atomic E-state index is 12.7. The van der Waals surface area contributed by atoms with Gasteiger partial charge in [-0.2, -0.15) is 0 Å². The van der Waals surface area contributed by atoms with Crippen LogP contribution in [-0.2, 0) is 11.3 Å². The van der Waals surface area contributed by atoms with Crippen molar-refractivity contribution in [3.63, 3.8) is 0 Å². The van der Waals surface area contributed by atoms with Gasteiger partial charge >= 0.3 is 5.97 Å². The first-order valence-corrected chi connectivity index (χ1v) is 8.79. The molecule has 0 radical (unpaired) electrons. The van der Waals surface area contributed by atoms with E-state index in [1.165, 1.54) is 30.8 Å². The van der Waals surface area contributed by atoms with E-state index in [0.717, 1.165) is 19.3 Å². The van der Waals surface area contributed by atoms with Crippen molar-refractivity contribution < 1.29 is 14.6 Å². The van der Waals surface area contributed by atoms with Crippen molar-refractivity contribution >= 4 is 22.6 Å². The molecule has 0 spiro atoms. The first kappa shape index (κ1) is 18.8. The zero-order valence-corrected chi connectivity index (χ0v) is 14.9. The van der Waals surface area contributed by atoms with E-state index in [0.29, 0.717) is 23.1 Å². The number of fused-ring (bicyclic) bond motifs is 1. The van der Waals surface area contributed by atoms with Gasteiger partial charge in [0.2, 0.25) is 5.75 Å². The van der Waals surface area contributed by atoms with Crippen LogP contribution >= 0.6 is 0 Å². The largest absolute Gasteiger partial charge is 0.504 e. The molecule has 0 amide bonds. The number of anilines is 1. The summed E-state index contributed by atoms with van der Waals surface area (Å²) in [5.41, 5.74) is 6.38. The number of aryl methyl sites for hydroxylation is 1. The molecule has 0 aliphatic heterocycles. The molecular weight excluding hydrogens is 320 g/mol. The third kappa shape index (κ3) is 4.53. The second kappa shape index (κ2) is 8.55. The Morgan fingerprint density at radius 2 is 1.88 bits per heavy atom. The summed E-state index contributed by atoms with van der Waals surface area (Å²) in [6.45, 7) is 3.85. The lowest BCUT2D eigenvalue weighted by Crippen LogP contribution is -2.24. The number of aromatic hydroxyl groups is 1. The van der Waals surface area contributed by atoms with Crippen molar-refractivity contribution in [1.82, 2.24) is 4.57 Å². The topological polar surface area (TPSA) is 94.5 Å². The minimum absolute atomic E-state index is 0.323. The average molecular weight is 346 g/mol. The summed E-state index contributed by atoms with van der Waals surface area (Å²) in [4.78, 5) is 24.0. The van der Waals surface area contributed by atoms with E-state index in [-0.39, 0.29) is 11.5 Å². The van der Waals surface area contributed by atoms with Gasteiger partial charge in [-0.15, -0.1) is 0 Å². The SMILES string of the molecule is CCCCCCCCn1c(=O)c(OC(C)=O)c(O)c2ccc(N)cc21. The molecule has 2 rings (SSSR count). The average Bonchev–Trinajstić information content (AvgIpc) is 2.57. The van der Waals surface area contributed by atoms with Gasteiger partial charge in [0.1, 0.15) is 0 Å². The number of hydrogen-bond acceptors (Lipinski definition) is 5. The summed E-state index contributed by atoms with van der Waals surface area (Å²) in [6.07, 6.45) is 6.56. The van der Waals surface area contributed by atoms with Gasteiger partial charge in [0.15, 0.2) is 5.75 Å². The van der Waals surface area contributed by atoms with Crippen LogP contribution in [0.1, 0.15) is 52.4 Å². The standard InChI is InChI=1S/C19H26N2O4/c1-3-4-5-6-7-8-11-21-16-12-14(20)9-10-15(16)17(23)18(19(21)24)25-13(2)22/h9-10,12,23H,3-8,11,20H2,1-2H3. The van der Waals surface area contributed by atoms with Crippen LogP contribution in [0.2, 0.25) is 0 Å². The van der Waals surface area contributed by atoms with Gasteiger partial charge < -0.3 is 20.1 Å². The fourth-order valence-corrected chi connectivity index (χ4v) is 2.94. The monoisotopic (exact) mass is 346 g/mol. The second-order valence-electron chi connectivity index (χ2n) is 6.27. The molecule has 0 bridgehead atoms. The molecule has 2 aromatic rings. The number of carbonyl (C=O) groups excluding carboxylic acids is 1. The Labute approximate surface area is 147 Å². The number of nitrogens with two attached hydrogens (primary N) is 1. The molecule has 25 heavy (non-hydrogen) atoms. The Hall–Kier alpha value is -2.50. The molecule has 0 aliphatic rings. The van der Waals surface area contributed by atoms with Crippen molar-refractivity contribution in [3.05, 3.63) is 28.6 Å². The van der Waals surface area contributed by atoms with Crippen LogP contribution in [0.3, 0.4) is 0 Å². The molecule has 136 valence electrons. The second-order valence-corrected chi connectivity index (χ2v) is 6.27. The van der Waals surface area contributed by atoms with Crippen molar-refractivity contribution in [2.24, 2.45) is 0 Å². The van der Waals surface area contributed by atoms with Crippen molar-refractivity contribution in [2.45, 2.75) is 58.9 Å². The smallest absolute Gasteiger partial charge is 0.308 e. The highest BCUT2D eigenvalue weighted by Crippen LogP contribution is 2.32. The minimum Gasteiger partial charge on any atom is -0.504 e. The number of benzene rings is 1. The zero-order chi connectivity index (χ0) is 18.4. The van der Waals surface area contributed by atoms with Crippen molar-refractivity contribution in [2.75, 3.05) is 5.73 Å². The fraction of sp³-hybridized carbons (Fsp3) is 0.474. The highest BCUT2D eigenvalue weighted by molar-refractivity contribution is 5.90. The number of unbranched alkanes of at least 4 members (excludes halogenated alkanes) is 5. The number of hydrogen-bond donors (Lipinski definition) is 2. The Kier molecular flexibility index (Phi) is 6.44. The number of ether oxygens (including phenoxy) is 1. The first-order chi connectivity index (χ1) is 12.0. The molecule has 0 fully saturated rings. The van der Waals surface area contributed by atoms with Gasteiger partial charge in [-0.1, -0.05) is 39.0 Å². The maximum Gasteiger partial charge on any atom is 0.308 e. The Morgan fingerprint density at radius 3 is 2.56 bits per heavy atom. The minimum atomic E-state index is -0.645. The van der Waals surface area contributed by atoms with Gasteiger partial charge in [-0.3, -0.25) is 9.59 Å². The van der Waals surface area contributed by atoms with Crippen LogP contribution in [0.4, 0.5) is 5.69 Å². The van der Waals surface area contributed by atoms with Crippen molar-refractivity contribution in [1.29, 1.82) is 0 Å². The molecule has 1 aromatic heterocycles. The summed E-state index contributed by atoms with van der Waals surface area (Å²) in [5, 5.41) is 10.8. The number of rotatable bonds is 8. The summed E-state index contributed by atoms with van der Waals surface area (Å²) in [7, 11) is 0. The van der Waals surface area contributed by atoms with Crippen molar-refractivity contribution in [3.8, 4) is 11.5 Å². The van der Waals surface area contributed by atoms with Crippen LogP contribution in [0.25, 0.3) is 10.9 Å². The molecule has 0 aliphatic carbocycles. The predicted octanol–water partition coefficient (Wildman–Crippen LogP) is 3.58. The Balaban J connectivity index is 2.36. The molecule has 6 heteroatoms. The van der Waals surface area contributed by atoms with Gasteiger partial charge in [-0.05, 0) is 24.6 Å². The molecule has 0 atom stereocenters. The van der Waals surface area contributed by atoms with Crippen LogP contribution in [0.5, 0.6) is 11.5 Å². The third-order valence-electron chi connectivity index (χ3n) is 4.20. The van der Waals surface area contributed by atoms with Gasteiger partial charge in [0.05, 0.1) is 5.52 Å². The number of nitrogen functional groups attached to an aromatic ring is 1. The van der Waals surface area contributed by atoms with Crippen LogP contribution in [0, 0.1) is 0 Å².